The summed E-state index contributed by atoms with van der Waals surface area (Å²) in [5.74, 6) is 1.50. The smallest absolute Gasteiger partial charge is 0.235 e. The van der Waals surface area contributed by atoms with Crippen LogP contribution in [0.3, 0.4) is 0 Å². The number of carbonyl (C=O) groups excluding carboxylic acids is 1. The third-order valence-electron chi connectivity index (χ3n) is 6.52. The van der Waals surface area contributed by atoms with E-state index < -0.39 is 0 Å². The van der Waals surface area contributed by atoms with E-state index in [9.17, 15) is 10.1 Å². The van der Waals surface area contributed by atoms with Gasteiger partial charge in [-0.3, -0.25) is 4.79 Å². The largest absolute Gasteiger partial charge is 0.316 e. The van der Waals surface area contributed by atoms with Crippen molar-refractivity contribution in [2.45, 2.75) is 51.7 Å². The zero-order chi connectivity index (χ0) is 25.2. The molecule has 1 aliphatic carbocycles. The Labute approximate surface area is 223 Å². The van der Waals surface area contributed by atoms with Gasteiger partial charge in [-0.2, -0.15) is 5.26 Å². The second-order valence-electron chi connectivity index (χ2n) is 9.00. The molecule has 0 radical (unpaired) electrons. The summed E-state index contributed by atoms with van der Waals surface area (Å²) in [6.45, 7) is 7.13. The summed E-state index contributed by atoms with van der Waals surface area (Å²) in [5, 5.41) is 25.2. The van der Waals surface area contributed by atoms with Crippen LogP contribution in [0.25, 0.3) is 22.5 Å². The predicted molar refractivity (Wildman–Crippen MR) is 149 cm³/mol. The normalized spacial score (nSPS) is 14.9. The fourth-order valence-electron chi connectivity index (χ4n) is 4.71. The maximum Gasteiger partial charge on any atom is 0.235 e. The molecule has 4 aromatic rings. The molecule has 1 aliphatic rings. The Morgan fingerprint density at radius 1 is 1.31 bits per heavy atom. The quantitative estimate of drug-likeness (QED) is 0.264. The van der Waals surface area contributed by atoms with Crippen molar-refractivity contribution >= 4 is 45.3 Å². The Bertz CT molecular complexity index is 1440. The highest BCUT2D eigenvalue weighted by Crippen LogP contribution is 2.40. The summed E-state index contributed by atoms with van der Waals surface area (Å²) in [7, 11) is 0. The van der Waals surface area contributed by atoms with E-state index in [1.54, 1.807) is 22.7 Å². The number of nitrogens with zero attached hydrogens (tertiary/aromatic N) is 4. The number of aromatic nitrogens is 3. The van der Waals surface area contributed by atoms with Crippen molar-refractivity contribution < 1.29 is 4.79 Å². The van der Waals surface area contributed by atoms with Crippen molar-refractivity contribution in [3.05, 3.63) is 56.6 Å². The molecule has 0 bridgehead atoms. The van der Waals surface area contributed by atoms with Crippen LogP contribution in [0.4, 0.5) is 5.00 Å². The molecule has 0 spiro atoms. The second kappa shape index (κ2) is 10.6. The van der Waals surface area contributed by atoms with E-state index in [1.165, 1.54) is 27.1 Å². The Kier molecular flexibility index (Phi) is 7.28. The summed E-state index contributed by atoms with van der Waals surface area (Å²) in [4.78, 5) is 15.3. The average molecular weight is 534 g/mol. The number of thiophene rings is 2. The lowest BCUT2D eigenvalue weighted by Gasteiger charge is -2.17. The highest BCUT2D eigenvalue weighted by Gasteiger charge is 2.25. The molecular formula is C27H27N5OS3. The van der Waals surface area contributed by atoms with Gasteiger partial charge in [0.05, 0.1) is 11.3 Å². The highest BCUT2D eigenvalue weighted by molar-refractivity contribution is 7.99. The number of nitrogens with one attached hydrogen (secondary N) is 1. The monoisotopic (exact) mass is 533 g/mol. The zero-order valence-corrected chi connectivity index (χ0v) is 22.9. The predicted octanol–water partition coefficient (Wildman–Crippen LogP) is 6.79. The Morgan fingerprint density at radius 2 is 2.11 bits per heavy atom. The van der Waals surface area contributed by atoms with E-state index in [4.69, 9.17) is 0 Å². The minimum Gasteiger partial charge on any atom is -0.316 e. The lowest BCUT2D eigenvalue weighted by atomic mass is 9.89. The molecule has 0 saturated carbocycles. The average Bonchev–Trinajstić information content (AvgIpc) is 3.56. The topological polar surface area (TPSA) is 83.6 Å². The van der Waals surface area contributed by atoms with Gasteiger partial charge in [0.15, 0.2) is 11.0 Å². The van der Waals surface area contributed by atoms with Gasteiger partial charge >= 0.3 is 0 Å². The fraction of sp³-hybridized carbons (Fsp3) is 0.333. The number of fused-ring (bicyclic) bond motifs is 1. The second-order valence-corrected chi connectivity index (χ2v) is 12.1. The van der Waals surface area contributed by atoms with E-state index in [1.807, 2.05) is 18.2 Å². The van der Waals surface area contributed by atoms with Crippen LogP contribution in [0.15, 0.2) is 40.9 Å². The molecule has 1 unspecified atom stereocenters. The minimum absolute atomic E-state index is 0.133. The van der Waals surface area contributed by atoms with Crippen LogP contribution in [0.2, 0.25) is 0 Å². The number of rotatable bonds is 7. The number of aryl methyl sites for hydroxylation is 1. The lowest BCUT2D eigenvalue weighted by Crippen LogP contribution is -2.14. The fourth-order valence-corrected chi connectivity index (χ4v) is 7.76. The van der Waals surface area contributed by atoms with Gasteiger partial charge in [-0.05, 0) is 50.2 Å². The first-order valence-electron chi connectivity index (χ1n) is 12.0. The van der Waals surface area contributed by atoms with E-state index >= 15 is 0 Å². The molecule has 1 atom stereocenters. The van der Waals surface area contributed by atoms with Gasteiger partial charge in [0, 0.05) is 32.8 Å². The summed E-state index contributed by atoms with van der Waals surface area (Å²) < 4.78 is 2.07. The van der Waals surface area contributed by atoms with Gasteiger partial charge in [0.2, 0.25) is 5.91 Å². The maximum atomic E-state index is 12.9. The Morgan fingerprint density at radius 3 is 2.86 bits per heavy atom. The number of thioether (sulfide) groups is 1. The number of hydrogen-bond donors (Lipinski definition) is 1. The van der Waals surface area contributed by atoms with Crippen molar-refractivity contribution in [3.63, 3.8) is 0 Å². The number of hydrogen-bond acceptors (Lipinski definition) is 7. The number of anilines is 1. The summed E-state index contributed by atoms with van der Waals surface area (Å²) in [5.41, 5.74) is 5.16. The molecule has 1 aromatic carbocycles. The molecule has 1 N–H and O–H groups in total. The Hall–Kier alpha value is -2.93. The van der Waals surface area contributed by atoms with Crippen molar-refractivity contribution in [1.29, 1.82) is 5.26 Å². The summed E-state index contributed by atoms with van der Waals surface area (Å²) in [6.07, 6.45) is 2.98. The van der Waals surface area contributed by atoms with Gasteiger partial charge in [-0.1, -0.05) is 49.0 Å². The maximum absolute atomic E-state index is 12.9. The van der Waals surface area contributed by atoms with Crippen LogP contribution in [0.1, 0.15) is 41.1 Å². The molecular weight excluding hydrogens is 507 g/mol. The van der Waals surface area contributed by atoms with Crippen LogP contribution in [0, 0.1) is 24.2 Å². The Balaban J connectivity index is 1.33. The van der Waals surface area contributed by atoms with Crippen LogP contribution in [-0.2, 0) is 24.2 Å². The molecule has 0 aliphatic heterocycles. The third kappa shape index (κ3) is 4.73. The van der Waals surface area contributed by atoms with Gasteiger partial charge in [0.25, 0.3) is 0 Å². The lowest BCUT2D eigenvalue weighted by molar-refractivity contribution is -0.113. The summed E-state index contributed by atoms with van der Waals surface area (Å²) in [6, 6.07) is 12.7. The van der Waals surface area contributed by atoms with E-state index in [2.05, 4.69) is 64.4 Å². The van der Waals surface area contributed by atoms with Crippen LogP contribution < -0.4 is 5.32 Å². The molecule has 0 fully saturated rings. The van der Waals surface area contributed by atoms with E-state index in [0.717, 1.165) is 41.8 Å². The van der Waals surface area contributed by atoms with Gasteiger partial charge < -0.3 is 9.88 Å². The number of nitriles is 1. The first kappa shape index (κ1) is 24.8. The van der Waals surface area contributed by atoms with Crippen molar-refractivity contribution in [3.8, 4) is 28.6 Å². The molecule has 3 heterocycles. The molecule has 184 valence electrons. The molecule has 0 saturated heterocycles. The van der Waals surface area contributed by atoms with Crippen LogP contribution >= 0.6 is 34.4 Å². The van der Waals surface area contributed by atoms with Crippen LogP contribution in [-0.4, -0.2) is 26.4 Å². The number of benzene rings is 1. The van der Waals surface area contributed by atoms with Crippen molar-refractivity contribution in [2.24, 2.45) is 5.92 Å². The molecule has 3 aromatic heterocycles. The highest BCUT2D eigenvalue weighted by atomic mass is 32.2. The number of carbonyl (C=O) groups is 1. The summed E-state index contributed by atoms with van der Waals surface area (Å²) >= 11 is 4.64. The standard InChI is InChI=1S/C27H27N5OS3/c1-4-32-25(21-14-34-17(3)24(21)18-8-6-5-7-9-18)30-31-27(32)35-15-23(33)29-26-20(13-28)19-11-10-16(2)12-22(19)36-26/h5-9,14,16H,4,10-12,15H2,1-3H3,(H,29,33). The zero-order valence-electron chi connectivity index (χ0n) is 20.5. The molecule has 9 heteroatoms. The van der Waals surface area contributed by atoms with Gasteiger partial charge in [-0.25, -0.2) is 0 Å². The van der Waals surface area contributed by atoms with E-state index in [-0.39, 0.29) is 11.7 Å². The van der Waals surface area contributed by atoms with Gasteiger partial charge in [-0.15, -0.1) is 32.9 Å². The molecule has 36 heavy (non-hydrogen) atoms. The van der Waals surface area contributed by atoms with Crippen molar-refractivity contribution in [2.75, 3.05) is 11.1 Å². The van der Waals surface area contributed by atoms with E-state index in [0.29, 0.717) is 28.2 Å². The molecule has 5 rings (SSSR count). The van der Waals surface area contributed by atoms with Crippen molar-refractivity contribution in [1.82, 2.24) is 14.8 Å². The first-order chi connectivity index (χ1) is 17.5. The molecule has 6 nitrogen and oxygen atoms in total. The number of amides is 1. The third-order valence-corrected chi connectivity index (χ3v) is 9.57. The van der Waals surface area contributed by atoms with Gasteiger partial charge in [0.1, 0.15) is 11.1 Å². The van der Waals surface area contributed by atoms with Crippen LogP contribution in [0.5, 0.6) is 0 Å². The SMILES string of the molecule is CCn1c(SCC(=O)Nc2sc3c(c2C#N)CCC(C)C3)nnc1-c1csc(C)c1-c1ccccc1. The first-order valence-corrected chi connectivity index (χ1v) is 14.7. The minimum atomic E-state index is -0.133. The molecule has 1 amide bonds.